The zero-order valence-electron chi connectivity index (χ0n) is 22.9. The van der Waals surface area contributed by atoms with Crippen LogP contribution in [-0.2, 0) is 17.5 Å². The molecule has 0 aromatic heterocycles. The number of alkyl halides is 3. The van der Waals surface area contributed by atoms with Gasteiger partial charge >= 0.3 is 6.18 Å². The van der Waals surface area contributed by atoms with E-state index < -0.39 is 23.1 Å². The lowest BCUT2D eigenvalue weighted by atomic mass is 9.68. The van der Waals surface area contributed by atoms with E-state index in [0.29, 0.717) is 35.5 Å². The second-order valence-corrected chi connectivity index (χ2v) is 11.5. The van der Waals surface area contributed by atoms with Crippen LogP contribution in [0.2, 0.25) is 0 Å². The molecule has 0 amide bonds. The maximum Gasteiger partial charge on any atom is 0.418 e. The van der Waals surface area contributed by atoms with Crippen molar-refractivity contribution in [1.82, 2.24) is 4.90 Å². The van der Waals surface area contributed by atoms with Crippen molar-refractivity contribution in [2.45, 2.75) is 58.2 Å². The van der Waals surface area contributed by atoms with Gasteiger partial charge in [0.2, 0.25) is 0 Å². The van der Waals surface area contributed by atoms with Crippen molar-refractivity contribution >= 4 is 11.5 Å². The van der Waals surface area contributed by atoms with E-state index in [1.165, 1.54) is 23.1 Å². The highest BCUT2D eigenvalue weighted by Gasteiger charge is 2.46. The van der Waals surface area contributed by atoms with Gasteiger partial charge in [-0.25, -0.2) is 0 Å². The first kappa shape index (κ1) is 27.8. The first-order valence-corrected chi connectivity index (χ1v) is 13.5. The molecule has 0 bridgehead atoms. The number of halogens is 3. The normalized spacial score (nSPS) is 21.5. The molecule has 40 heavy (non-hydrogen) atoms. The van der Waals surface area contributed by atoms with Gasteiger partial charge in [-0.2, -0.15) is 18.4 Å². The third kappa shape index (κ3) is 4.97. The highest BCUT2D eigenvalue weighted by molar-refractivity contribution is 6.01. The molecule has 1 unspecified atom stereocenters. The number of para-hydroxylation sites is 1. The number of allylic oxidation sites excluding steroid dienone is 3. The molecule has 2 aromatic rings. The average molecular weight is 551 g/mol. The van der Waals surface area contributed by atoms with E-state index in [2.05, 4.69) is 11.0 Å². The molecule has 2 heterocycles. The summed E-state index contributed by atoms with van der Waals surface area (Å²) in [4.78, 5) is 17.4. The Morgan fingerprint density at radius 2 is 1.82 bits per heavy atom. The highest BCUT2D eigenvalue weighted by atomic mass is 19.4. The molecule has 0 spiro atoms. The van der Waals surface area contributed by atoms with E-state index in [9.17, 15) is 23.2 Å². The molecule has 5 rings (SSSR count). The Kier molecular flexibility index (Phi) is 7.17. The number of nitrogens with zero attached hydrogens (tertiary/aromatic N) is 3. The number of ketones is 1. The van der Waals surface area contributed by atoms with Crippen molar-refractivity contribution in [2.75, 3.05) is 25.1 Å². The molecule has 2 aromatic carbocycles. The molecule has 9 heteroatoms. The first-order valence-electron chi connectivity index (χ1n) is 13.5. The maximum absolute atomic E-state index is 14.1. The van der Waals surface area contributed by atoms with Crippen LogP contribution in [0.3, 0.4) is 0 Å². The third-order valence-electron chi connectivity index (χ3n) is 8.06. The second-order valence-electron chi connectivity index (χ2n) is 11.5. The number of likely N-dealkylation sites (tertiary alicyclic amines) is 1. The van der Waals surface area contributed by atoms with Gasteiger partial charge in [-0.05, 0) is 67.6 Å². The smallest absolute Gasteiger partial charge is 0.418 e. The number of benzene rings is 2. The zero-order valence-corrected chi connectivity index (χ0v) is 22.9. The largest absolute Gasteiger partial charge is 0.496 e. The van der Waals surface area contributed by atoms with Crippen LogP contribution in [-0.4, -0.2) is 30.9 Å². The van der Waals surface area contributed by atoms with E-state index in [4.69, 9.17) is 10.5 Å². The summed E-state index contributed by atoms with van der Waals surface area (Å²) in [6, 6.07) is 12.9. The second kappa shape index (κ2) is 10.3. The Labute approximate surface area is 232 Å². The third-order valence-corrected chi connectivity index (χ3v) is 8.06. The zero-order chi connectivity index (χ0) is 28.8. The molecule has 1 aliphatic carbocycles. The Morgan fingerprint density at radius 3 is 2.48 bits per heavy atom. The molecule has 210 valence electrons. The Balaban J connectivity index is 1.72. The number of carbonyl (C=O) groups is 1. The van der Waals surface area contributed by atoms with Crippen molar-refractivity contribution in [1.29, 1.82) is 5.26 Å². The Bertz CT molecular complexity index is 1450. The minimum Gasteiger partial charge on any atom is -0.496 e. The minimum absolute atomic E-state index is 0.0565. The average Bonchev–Trinajstić information content (AvgIpc) is 3.40. The predicted octanol–water partition coefficient (Wildman–Crippen LogP) is 6.25. The fraction of sp³-hybridized carbons (Fsp3) is 0.419. The summed E-state index contributed by atoms with van der Waals surface area (Å²) in [7, 11) is 1.60. The molecule has 3 aliphatic rings. The minimum atomic E-state index is -4.66. The van der Waals surface area contributed by atoms with Gasteiger partial charge in [-0.1, -0.05) is 32.0 Å². The number of hydrogen-bond acceptors (Lipinski definition) is 6. The van der Waals surface area contributed by atoms with Gasteiger partial charge in [0.15, 0.2) is 5.78 Å². The molecular weight excluding hydrogens is 517 g/mol. The summed E-state index contributed by atoms with van der Waals surface area (Å²) in [5, 5.41) is 10.4. The number of nitriles is 1. The number of rotatable bonds is 5. The molecular formula is C31H33F3N4O2. The number of Topliss-reactive ketones (excluding diaryl/α,β-unsaturated/α-hetero) is 1. The topological polar surface area (TPSA) is 82.6 Å². The standard InChI is InChI=1S/C31H33F3N4O2/c1-30(2)15-24-28(25(39)16-30)27(19-10-11-26(40-3)20(14-19)18-37-12-6-7-13-37)21(17-35)29(36)38(24)23-9-5-4-8-22(23)31(32,33)34/h4-5,8-11,14,27H,6-7,12-13,15-16,18,36H2,1-3H3. The van der Waals surface area contributed by atoms with Gasteiger partial charge in [0, 0.05) is 29.8 Å². The number of hydrogen-bond donors (Lipinski definition) is 1. The highest BCUT2D eigenvalue weighted by Crippen LogP contribution is 2.52. The lowest BCUT2D eigenvalue weighted by molar-refractivity contribution is -0.137. The van der Waals surface area contributed by atoms with Crippen LogP contribution in [0.4, 0.5) is 18.9 Å². The van der Waals surface area contributed by atoms with Crippen LogP contribution in [0.15, 0.2) is 65.1 Å². The Hall–Kier alpha value is -3.77. The van der Waals surface area contributed by atoms with Crippen molar-refractivity contribution in [3.8, 4) is 11.8 Å². The van der Waals surface area contributed by atoms with Crippen LogP contribution in [0, 0.1) is 16.7 Å². The number of anilines is 1. The van der Waals surface area contributed by atoms with Crippen molar-refractivity contribution < 1.29 is 22.7 Å². The van der Waals surface area contributed by atoms with Gasteiger partial charge in [0.25, 0.3) is 0 Å². The summed E-state index contributed by atoms with van der Waals surface area (Å²) in [6.07, 6.45) is -1.87. The maximum atomic E-state index is 14.1. The molecule has 2 aliphatic heterocycles. The monoisotopic (exact) mass is 550 g/mol. The fourth-order valence-electron chi connectivity index (χ4n) is 6.31. The van der Waals surface area contributed by atoms with Gasteiger partial charge in [-0.3, -0.25) is 14.6 Å². The first-order chi connectivity index (χ1) is 18.9. The van der Waals surface area contributed by atoms with E-state index >= 15 is 0 Å². The van der Waals surface area contributed by atoms with Crippen molar-refractivity contribution in [2.24, 2.45) is 11.1 Å². The fourth-order valence-corrected chi connectivity index (χ4v) is 6.31. The predicted molar refractivity (Wildman–Crippen MR) is 146 cm³/mol. The van der Waals surface area contributed by atoms with Crippen LogP contribution in [0.5, 0.6) is 5.75 Å². The van der Waals surface area contributed by atoms with Crippen LogP contribution >= 0.6 is 0 Å². The van der Waals surface area contributed by atoms with E-state index in [1.807, 2.05) is 32.0 Å². The SMILES string of the molecule is COc1ccc(C2C(C#N)=C(N)N(c3ccccc3C(F)(F)F)C3=C2C(=O)CC(C)(C)C3)cc1CN1CCCC1. The van der Waals surface area contributed by atoms with E-state index in [1.54, 1.807) is 7.11 Å². The molecule has 1 atom stereocenters. The number of ether oxygens (including phenoxy) is 1. The Morgan fingerprint density at radius 1 is 1.12 bits per heavy atom. The quantitative estimate of drug-likeness (QED) is 0.474. The molecule has 6 nitrogen and oxygen atoms in total. The summed E-state index contributed by atoms with van der Waals surface area (Å²) in [6.45, 7) is 6.44. The molecule has 1 fully saturated rings. The van der Waals surface area contributed by atoms with Gasteiger partial charge in [0.05, 0.1) is 35.9 Å². The van der Waals surface area contributed by atoms with Crippen LogP contribution in [0.25, 0.3) is 0 Å². The summed E-state index contributed by atoms with van der Waals surface area (Å²) in [5.74, 6) is -0.373. The summed E-state index contributed by atoms with van der Waals surface area (Å²) in [5.41, 5.74) is 7.45. The van der Waals surface area contributed by atoms with Crippen molar-refractivity contribution in [3.63, 3.8) is 0 Å². The molecule has 0 radical (unpaired) electrons. The van der Waals surface area contributed by atoms with E-state index in [-0.39, 0.29) is 29.3 Å². The lowest BCUT2D eigenvalue weighted by Gasteiger charge is -2.44. The van der Waals surface area contributed by atoms with Gasteiger partial charge in [-0.15, -0.1) is 0 Å². The lowest BCUT2D eigenvalue weighted by Crippen LogP contribution is -2.42. The molecule has 0 saturated carbocycles. The van der Waals surface area contributed by atoms with Crippen LogP contribution < -0.4 is 15.4 Å². The van der Waals surface area contributed by atoms with E-state index in [0.717, 1.165) is 37.6 Å². The molecule has 1 saturated heterocycles. The van der Waals surface area contributed by atoms with Crippen LogP contribution in [0.1, 0.15) is 62.1 Å². The number of carbonyl (C=O) groups excluding carboxylic acids is 1. The summed E-state index contributed by atoms with van der Waals surface area (Å²) >= 11 is 0. The van der Waals surface area contributed by atoms with Crippen molar-refractivity contribution in [3.05, 3.63) is 81.8 Å². The number of methoxy groups -OCH3 is 1. The van der Waals surface area contributed by atoms with Gasteiger partial charge < -0.3 is 10.5 Å². The van der Waals surface area contributed by atoms with Gasteiger partial charge in [0.1, 0.15) is 11.6 Å². The number of nitrogens with two attached hydrogens (primary N) is 1. The summed E-state index contributed by atoms with van der Waals surface area (Å²) < 4.78 is 48.0. The molecule has 2 N–H and O–H groups in total.